The number of halogens is 3. The third-order valence-electron chi connectivity index (χ3n) is 9.23. The normalized spacial score (nSPS) is 25.5. The summed E-state index contributed by atoms with van der Waals surface area (Å²) in [5, 5.41) is 15.7. The van der Waals surface area contributed by atoms with E-state index in [0.717, 1.165) is 23.0 Å². The van der Waals surface area contributed by atoms with Crippen molar-refractivity contribution in [3.05, 3.63) is 102 Å². The van der Waals surface area contributed by atoms with E-state index in [2.05, 4.69) is 17.0 Å². The molecule has 5 atom stereocenters. The van der Waals surface area contributed by atoms with E-state index in [1.165, 1.54) is 24.3 Å². The molecule has 1 heterocycles. The smallest absolute Gasteiger partial charge is 0.374 e. The number of nitrogens with one attached hydrogen (secondary N) is 2. The number of benzene rings is 3. The topological polar surface area (TPSA) is 100 Å². The standard InChI is InChI=1S/C32H32F3N3O4S/c1-20-28-30(2,17-26(39)37-43(41,42)24-8-4-3-5-9-24)19-31(20,28)36-29(40)25-10-6-7-22-15-16-38(27(22)25)18-21-11-13-23(14-12-21)32(33,34)35/h3-16,20,28-29,36,40H,17-19H2,1-2H3,(H,37,39)/t20-,28-,29?,30-,31?/m0/s1. The Balaban J connectivity index is 1.15. The molecular weight excluding hydrogens is 579 g/mol. The molecule has 0 bridgehead atoms. The maximum Gasteiger partial charge on any atom is 0.416 e. The second kappa shape index (κ2) is 10.2. The Bertz CT molecular complexity index is 1790. The average molecular weight is 612 g/mol. The molecule has 3 aromatic carbocycles. The first-order valence-corrected chi connectivity index (χ1v) is 15.5. The van der Waals surface area contributed by atoms with Crippen molar-refractivity contribution in [2.45, 2.75) is 56.1 Å². The molecule has 2 unspecified atom stereocenters. The molecule has 2 aliphatic carbocycles. The number of amides is 1. The van der Waals surface area contributed by atoms with Crippen molar-refractivity contribution >= 4 is 26.8 Å². The number of alkyl halides is 3. The number of nitrogens with zero attached hydrogens (tertiary/aromatic N) is 1. The molecule has 2 saturated carbocycles. The first kappa shape index (κ1) is 29.4. The van der Waals surface area contributed by atoms with Crippen molar-refractivity contribution in [2.24, 2.45) is 17.3 Å². The molecule has 6 rings (SSSR count). The highest BCUT2D eigenvalue weighted by Crippen LogP contribution is 2.75. The molecular formula is C32H32F3N3O4S. The van der Waals surface area contributed by atoms with E-state index < -0.39 is 39.3 Å². The number of aliphatic hydroxyl groups excluding tert-OH is 1. The lowest BCUT2D eigenvalue weighted by Crippen LogP contribution is -2.53. The number of fused-ring (bicyclic) bond motifs is 2. The van der Waals surface area contributed by atoms with Gasteiger partial charge >= 0.3 is 6.18 Å². The van der Waals surface area contributed by atoms with Crippen LogP contribution < -0.4 is 10.0 Å². The van der Waals surface area contributed by atoms with Gasteiger partial charge in [0.05, 0.1) is 16.0 Å². The van der Waals surface area contributed by atoms with Crippen LogP contribution in [0.1, 0.15) is 49.6 Å². The van der Waals surface area contributed by atoms with Gasteiger partial charge in [0.25, 0.3) is 10.0 Å². The maximum absolute atomic E-state index is 13.0. The molecule has 0 aliphatic heterocycles. The van der Waals surface area contributed by atoms with E-state index >= 15 is 0 Å². The van der Waals surface area contributed by atoms with Gasteiger partial charge in [0.15, 0.2) is 0 Å². The Hall–Kier alpha value is -3.67. The summed E-state index contributed by atoms with van der Waals surface area (Å²) < 4.78 is 68.3. The number of hydrogen-bond donors (Lipinski definition) is 3. The van der Waals surface area contributed by atoms with E-state index in [1.54, 1.807) is 18.2 Å². The van der Waals surface area contributed by atoms with Crippen molar-refractivity contribution in [1.82, 2.24) is 14.6 Å². The van der Waals surface area contributed by atoms with Crippen molar-refractivity contribution in [3.63, 3.8) is 0 Å². The summed E-state index contributed by atoms with van der Waals surface area (Å²) in [7, 11) is -3.96. The van der Waals surface area contributed by atoms with Gasteiger partial charge in [-0.05, 0) is 59.6 Å². The van der Waals surface area contributed by atoms with Gasteiger partial charge in [-0.2, -0.15) is 13.2 Å². The lowest BCUT2D eigenvalue weighted by Gasteiger charge is -2.45. The highest BCUT2D eigenvalue weighted by molar-refractivity contribution is 7.90. The summed E-state index contributed by atoms with van der Waals surface area (Å²) in [6.07, 6.45) is -2.96. The van der Waals surface area contributed by atoms with E-state index in [1.807, 2.05) is 42.0 Å². The van der Waals surface area contributed by atoms with Gasteiger partial charge in [-0.25, -0.2) is 13.1 Å². The van der Waals surface area contributed by atoms with Crippen LogP contribution in [0.15, 0.2) is 90.0 Å². The third kappa shape index (κ3) is 5.23. The Morgan fingerprint density at radius 3 is 2.40 bits per heavy atom. The number of hydrogen-bond acceptors (Lipinski definition) is 5. The fourth-order valence-corrected chi connectivity index (χ4v) is 8.41. The first-order chi connectivity index (χ1) is 20.2. The Kier molecular flexibility index (Phi) is 6.98. The number of aromatic nitrogens is 1. The fraction of sp³-hybridized carbons (Fsp3) is 0.344. The van der Waals surface area contributed by atoms with Crippen molar-refractivity contribution in [3.8, 4) is 0 Å². The summed E-state index contributed by atoms with van der Waals surface area (Å²) in [5.41, 5.74) is 0.582. The maximum atomic E-state index is 13.0. The SMILES string of the molecule is C[C@H]1[C@@H]2C1(NC(O)c1cccc3ccn(Cc4ccc(C(F)(F)F)cc4)c13)C[C@]2(C)CC(=O)NS(=O)(=O)c1ccccc1. The Morgan fingerprint density at radius 1 is 1.05 bits per heavy atom. The first-order valence-electron chi connectivity index (χ1n) is 14.0. The largest absolute Gasteiger partial charge is 0.416 e. The van der Waals surface area contributed by atoms with Crippen molar-refractivity contribution in [2.75, 3.05) is 0 Å². The van der Waals surface area contributed by atoms with E-state index in [-0.39, 0.29) is 28.7 Å². The highest BCUT2D eigenvalue weighted by Gasteiger charge is 2.78. The van der Waals surface area contributed by atoms with Crippen LogP contribution in [0.4, 0.5) is 13.2 Å². The van der Waals surface area contributed by atoms with Crippen LogP contribution in [0.25, 0.3) is 10.9 Å². The zero-order valence-corrected chi connectivity index (χ0v) is 24.4. The van der Waals surface area contributed by atoms with Crippen LogP contribution in [0, 0.1) is 17.3 Å². The predicted octanol–water partition coefficient (Wildman–Crippen LogP) is 5.60. The van der Waals surface area contributed by atoms with Crippen LogP contribution in [0.3, 0.4) is 0 Å². The minimum Gasteiger partial charge on any atom is -0.374 e. The van der Waals surface area contributed by atoms with Crippen LogP contribution in [0.2, 0.25) is 0 Å². The second-order valence-corrected chi connectivity index (χ2v) is 13.8. The Morgan fingerprint density at radius 2 is 1.74 bits per heavy atom. The molecule has 7 nitrogen and oxygen atoms in total. The molecule has 0 radical (unpaired) electrons. The van der Waals surface area contributed by atoms with E-state index in [4.69, 9.17) is 0 Å². The molecule has 11 heteroatoms. The minimum atomic E-state index is -4.40. The molecule has 1 amide bonds. The summed E-state index contributed by atoms with van der Waals surface area (Å²) in [6.45, 7) is 4.36. The number of sulfonamides is 1. The van der Waals surface area contributed by atoms with Crippen molar-refractivity contribution < 1.29 is 31.5 Å². The number of aliphatic hydroxyl groups is 1. The number of para-hydroxylation sites is 1. The van der Waals surface area contributed by atoms with Gasteiger partial charge in [0.1, 0.15) is 6.23 Å². The molecule has 226 valence electrons. The van der Waals surface area contributed by atoms with Crippen LogP contribution in [0.5, 0.6) is 0 Å². The molecule has 43 heavy (non-hydrogen) atoms. The summed E-state index contributed by atoms with van der Waals surface area (Å²) in [4.78, 5) is 12.8. The van der Waals surface area contributed by atoms with Crippen LogP contribution in [-0.4, -0.2) is 29.5 Å². The van der Waals surface area contributed by atoms with E-state index in [9.17, 15) is 31.5 Å². The zero-order valence-electron chi connectivity index (χ0n) is 23.6. The second-order valence-electron chi connectivity index (χ2n) is 12.1. The number of rotatable bonds is 9. The number of carbonyl (C=O) groups is 1. The predicted molar refractivity (Wildman–Crippen MR) is 155 cm³/mol. The van der Waals surface area contributed by atoms with Gasteiger partial charge in [0, 0.05) is 35.7 Å². The lowest BCUT2D eigenvalue weighted by atomic mass is 9.64. The van der Waals surface area contributed by atoms with Gasteiger partial charge in [-0.1, -0.05) is 62.4 Å². The third-order valence-corrected chi connectivity index (χ3v) is 10.6. The van der Waals surface area contributed by atoms with Gasteiger partial charge in [-0.3, -0.25) is 10.1 Å². The average Bonchev–Trinajstić information content (AvgIpc) is 3.20. The zero-order chi connectivity index (χ0) is 30.8. The summed E-state index contributed by atoms with van der Waals surface area (Å²) >= 11 is 0. The lowest BCUT2D eigenvalue weighted by molar-refractivity contribution is -0.137. The summed E-state index contributed by atoms with van der Waals surface area (Å²) in [6, 6.07) is 20.3. The molecule has 3 N–H and O–H groups in total. The van der Waals surface area contributed by atoms with Gasteiger partial charge < -0.3 is 9.67 Å². The fourth-order valence-electron chi connectivity index (χ4n) is 7.40. The quantitative estimate of drug-likeness (QED) is 0.214. The van der Waals surface area contributed by atoms with Crippen molar-refractivity contribution in [1.29, 1.82) is 0 Å². The molecule has 4 aromatic rings. The molecule has 2 aliphatic rings. The van der Waals surface area contributed by atoms with Gasteiger partial charge in [-0.15, -0.1) is 0 Å². The molecule has 1 aromatic heterocycles. The molecule has 0 saturated heterocycles. The minimum absolute atomic E-state index is 0.0262. The number of carbonyl (C=O) groups excluding carboxylic acids is 1. The van der Waals surface area contributed by atoms with Gasteiger partial charge in [0.2, 0.25) is 5.91 Å². The molecule has 0 spiro atoms. The summed E-state index contributed by atoms with van der Waals surface area (Å²) in [5.74, 6) is -0.341. The van der Waals surface area contributed by atoms with Crippen LogP contribution >= 0.6 is 0 Å². The van der Waals surface area contributed by atoms with Crippen LogP contribution in [-0.2, 0) is 27.5 Å². The Labute approximate surface area is 247 Å². The monoisotopic (exact) mass is 611 g/mol. The van der Waals surface area contributed by atoms with E-state index in [0.29, 0.717) is 24.1 Å². The highest BCUT2D eigenvalue weighted by atomic mass is 32.2. The molecule has 2 fully saturated rings.